The highest BCUT2D eigenvalue weighted by molar-refractivity contribution is 8.77. The number of hydrogen-bond acceptors (Lipinski definition) is 9. The van der Waals surface area contributed by atoms with Gasteiger partial charge in [0.2, 0.25) is 5.54 Å². The standard InChI is InChI=1S/C14H16N2O8S2/c15-6(12(21)22)5-25-26-11-7(17)1-2-8(18)14(11,13(23)24)16-9(19)3-4-10(16)20/h3-4,6,11,19-20H,1-2,5,15H2,(H,21,22)(H,23,24)/t6?,11?,14-/m0/s1. The first kappa shape index (κ1) is 20.1. The molecule has 10 nitrogen and oxygen atoms in total. The number of aromatic nitrogens is 1. The highest BCUT2D eigenvalue weighted by Crippen LogP contribution is 2.46. The van der Waals surface area contributed by atoms with Gasteiger partial charge in [-0.15, -0.1) is 0 Å². The fourth-order valence-corrected chi connectivity index (χ4v) is 5.69. The first-order chi connectivity index (χ1) is 12.1. The van der Waals surface area contributed by atoms with Crippen LogP contribution in [0.1, 0.15) is 12.8 Å². The Morgan fingerprint density at radius 2 is 1.81 bits per heavy atom. The van der Waals surface area contributed by atoms with Crippen LogP contribution in [0.4, 0.5) is 0 Å². The Bertz CT molecular complexity index is 745. The summed E-state index contributed by atoms with van der Waals surface area (Å²) in [6.07, 6.45) is -0.557. The van der Waals surface area contributed by atoms with Crippen LogP contribution in [-0.4, -0.2) is 65.5 Å². The van der Waals surface area contributed by atoms with E-state index in [0.29, 0.717) is 15.4 Å². The summed E-state index contributed by atoms with van der Waals surface area (Å²) in [5.74, 6) is -5.92. The Morgan fingerprint density at radius 3 is 2.31 bits per heavy atom. The smallest absolute Gasteiger partial charge is 0.339 e. The fourth-order valence-electron chi connectivity index (χ4n) is 2.66. The average molecular weight is 404 g/mol. The number of carbonyl (C=O) groups excluding carboxylic acids is 2. The molecule has 1 aromatic rings. The van der Waals surface area contributed by atoms with Crippen LogP contribution >= 0.6 is 21.6 Å². The average Bonchev–Trinajstić information content (AvgIpc) is 2.90. The van der Waals surface area contributed by atoms with Crippen molar-refractivity contribution < 1.29 is 39.6 Å². The van der Waals surface area contributed by atoms with E-state index in [9.17, 15) is 34.5 Å². The Labute approximate surface area is 154 Å². The molecular formula is C14H16N2O8S2. The van der Waals surface area contributed by atoms with Gasteiger partial charge in [0.1, 0.15) is 11.3 Å². The Kier molecular flexibility index (Phi) is 5.88. The molecule has 0 spiro atoms. The van der Waals surface area contributed by atoms with E-state index in [-0.39, 0.29) is 18.6 Å². The van der Waals surface area contributed by atoms with Crippen molar-refractivity contribution in [2.24, 2.45) is 5.73 Å². The van der Waals surface area contributed by atoms with E-state index in [2.05, 4.69) is 0 Å². The van der Waals surface area contributed by atoms with E-state index in [0.717, 1.165) is 22.9 Å². The van der Waals surface area contributed by atoms with Gasteiger partial charge in [0.25, 0.3) is 0 Å². The number of carboxylic acids is 2. The summed E-state index contributed by atoms with van der Waals surface area (Å²) >= 11 is 0. The number of nitrogens with zero attached hydrogens (tertiary/aromatic N) is 1. The SMILES string of the molecule is NC(CSSC1C(=O)CCC(=O)[C@]1(C(=O)O)n1c(O)ccc1O)C(=O)O. The molecule has 0 amide bonds. The number of Topliss-reactive ketones (excluding diaryl/α,β-unsaturated/α-hetero) is 2. The van der Waals surface area contributed by atoms with Crippen LogP contribution in [0.15, 0.2) is 12.1 Å². The van der Waals surface area contributed by atoms with Crippen LogP contribution in [0.25, 0.3) is 0 Å². The third-order valence-electron chi connectivity index (χ3n) is 3.94. The molecule has 1 saturated carbocycles. The molecule has 1 aliphatic carbocycles. The summed E-state index contributed by atoms with van der Waals surface area (Å²) < 4.78 is 0.518. The third-order valence-corrected chi connectivity index (χ3v) is 6.76. The minimum atomic E-state index is -2.54. The number of aliphatic carboxylic acids is 2. The summed E-state index contributed by atoms with van der Waals surface area (Å²) in [5.41, 5.74) is 2.83. The Hall–Kier alpha value is -2.18. The van der Waals surface area contributed by atoms with Gasteiger partial charge in [-0.25, -0.2) is 4.79 Å². The maximum Gasteiger partial charge on any atom is 0.339 e. The lowest BCUT2D eigenvalue weighted by Gasteiger charge is -2.39. The van der Waals surface area contributed by atoms with Gasteiger partial charge in [0.15, 0.2) is 23.3 Å². The molecule has 1 aliphatic rings. The van der Waals surface area contributed by atoms with E-state index >= 15 is 0 Å². The highest BCUT2D eigenvalue weighted by Gasteiger charge is 2.61. The van der Waals surface area contributed by atoms with Gasteiger partial charge >= 0.3 is 11.9 Å². The van der Waals surface area contributed by atoms with E-state index in [1.165, 1.54) is 0 Å². The first-order valence-electron chi connectivity index (χ1n) is 7.30. The summed E-state index contributed by atoms with van der Waals surface area (Å²) in [6, 6.07) is 0.762. The molecule has 1 heterocycles. The van der Waals surface area contributed by atoms with Crippen molar-refractivity contribution in [3.05, 3.63) is 12.1 Å². The van der Waals surface area contributed by atoms with E-state index < -0.39 is 52.1 Å². The van der Waals surface area contributed by atoms with Gasteiger partial charge in [-0.1, -0.05) is 21.6 Å². The molecule has 0 aliphatic heterocycles. The highest BCUT2D eigenvalue weighted by atomic mass is 33.1. The molecule has 3 atom stereocenters. The maximum atomic E-state index is 12.6. The number of aromatic hydroxyl groups is 2. The quantitative estimate of drug-likeness (QED) is 0.299. The molecule has 2 rings (SSSR count). The molecule has 0 aromatic carbocycles. The molecule has 0 bridgehead atoms. The van der Waals surface area contributed by atoms with Crippen molar-refractivity contribution in [1.29, 1.82) is 0 Å². The van der Waals surface area contributed by atoms with Crippen molar-refractivity contribution in [3.63, 3.8) is 0 Å². The fraction of sp³-hybridized carbons (Fsp3) is 0.429. The van der Waals surface area contributed by atoms with Crippen molar-refractivity contribution in [2.75, 3.05) is 5.75 Å². The van der Waals surface area contributed by atoms with Crippen molar-refractivity contribution in [2.45, 2.75) is 29.7 Å². The summed E-state index contributed by atoms with van der Waals surface area (Å²) in [6.45, 7) is 0. The van der Waals surface area contributed by atoms with Gasteiger partial charge in [0.05, 0.1) is 0 Å². The minimum Gasteiger partial charge on any atom is -0.494 e. The molecule has 12 heteroatoms. The predicted molar refractivity (Wildman–Crippen MR) is 92.1 cm³/mol. The van der Waals surface area contributed by atoms with Crippen LogP contribution in [0.5, 0.6) is 11.8 Å². The second-order valence-electron chi connectivity index (χ2n) is 5.55. The van der Waals surface area contributed by atoms with Crippen LogP contribution in [0.2, 0.25) is 0 Å². The first-order valence-corrected chi connectivity index (χ1v) is 9.68. The Balaban J connectivity index is 2.47. The maximum absolute atomic E-state index is 12.6. The summed E-state index contributed by atoms with van der Waals surface area (Å²) in [5, 5.41) is 37.0. The number of nitrogens with two attached hydrogens (primary N) is 1. The Morgan fingerprint density at radius 1 is 1.23 bits per heavy atom. The van der Waals surface area contributed by atoms with E-state index in [4.69, 9.17) is 10.8 Å². The number of hydrogen-bond donors (Lipinski definition) is 5. The normalized spacial score (nSPS) is 24.4. The van der Waals surface area contributed by atoms with Crippen LogP contribution < -0.4 is 5.73 Å². The zero-order chi connectivity index (χ0) is 19.6. The zero-order valence-electron chi connectivity index (χ0n) is 13.2. The molecule has 2 unspecified atom stereocenters. The predicted octanol–water partition coefficient (Wildman–Crippen LogP) is -0.227. The van der Waals surface area contributed by atoms with Gasteiger partial charge in [-0.2, -0.15) is 0 Å². The van der Waals surface area contributed by atoms with Gasteiger partial charge in [0, 0.05) is 30.7 Å². The lowest BCUT2D eigenvalue weighted by atomic mass is 9.78. The number of carbonyl (C=O) groups is 4. The van der Waals surface area contributed by atoms with E-state index in [1.807, 2.05) is 0 Å². The molecule has 1 aromatic heterocycles. The summed E-state index contributed by atoms with van der Waals surface area (Å²) in [4.78, 5) is 47.9. The molecule has 6 N–H and O–H groups in total. The summed E-state index contributed by atoms with van der Waals surface area (Å²) in [7, 11) is 1.51. The van der Waals surface area contributed by atoms with Crippen molar-refractivity contribution in [1.82, 2.24) is 4.57 Å². The number of carboxylic acid groups (broad SMARTS) is 2. The minimum absolute atomic E-state index is 0.142. The largest absolute Gasteiger partial charge is 0.494 e. The molecule has 26 heavy (non-hydrogen) atoms. The van der Waals surface area contributed by atoms with E-state index in [1.54, 1.807) is 0 Å². The second kappa shape index (κ2) is 7.60. The lowest BCUT2D eigenvalue weighted by molar-refractivity contribution is -0.158. The number of rotatable bonds is 7. The van der Waals surface area contributed by atoms with Crippen LogP contribution in [-0.2, 0) is 24.7 Å². The van der Waals surface area contributed by atoms with Crippen LogP contribution in [0.3, 0.4) is 0 Å². The zero-order valence-corrected chi connectivity index (χ0v) is 14.8. The molecule has 0 radical (unpaired) electrons. The lowest BCUT2D eigenvalue weighted by Crippen LogP contribution is -2.60. The molecule has 0 saturated heterocycles. The van der Waals surface area contributed by atoms with Crippen LogP contribution in [0, 0.1) is 0 Å². The van der Waals surface area contributed by atoms with Crippen molar-refractivity contribution >= 4 is 45.1 Å². The third kappa shape index (κ3) is 3.27. The van der Waals surface area contributed by atoms with Crippen molar-refractivity contribution in [3.8, 4) is 11.8 Å². The monoisotopic (exact) mass is 404 g/mol. The van der Waals surface area contributed by atoms with Gasteiger partial charge in [-0.05, 0) is 0 Å². The topological polar surface area (TPSA) is 180 Å². The number of ketones is 2. The van der Waals surface area contributed by atoms with Gasteiger partial charge in [-0.3, -0.25) is 19.0 Å². The second-order valence-corrected chi connectivity index (χ2v) is 8.07. The molecular weight excluding hydrogens is 388 g/mol. The molecule has 142 valence electrons. The van der Waals surface area contributed by atoms with Gasteiger partial charge < -0.3 is 26.2 Å². The molecule has 1 fully saturated rings.